The number of hydrogen-bond acceptors (Lipinski definition) is 2. The van der Waals surface area contributed by atoms with Crippen LogP contribution in [0.15, 0.2) is 36.4 Å². The van der Waals surface area contributed by atoms with E-state index in [1.165, 1.54) is 64.2 Å². The highest BCUT2D eigenvalue weighted by atomic mass is 79.9. The fourth-order valence-corrected chi connectivity index (χ4v) is 4.04. The van der Waals surface area contributed by atoms with Gasteiger partial charge >= 0.3 is 0 Å². The summed E-state index contributed by atoms with van der Waals surface area (Å²) in [6, 6.07) is 12.6. The summed E-state index contributed by atoms with van der Waals surface area (Å²) in [5.74, 6) is 1.96. The van der Waals surface area contributed by atoms with Crippen LogP contribution in [0.3, 0.4) is 0 Å². The SMILES string of the molecule is CCCCCCCCOc1ccc(OCCCCCCCCBr)c2ccccc12. The Morgan fingerprint density at radius 2 is 1.03 bits per heavy atom. The minimum absolute atomic E-state index is 0.792. The van der Waals surface area contributed by atoms with Crippen molar-refractivity contribution >= 4 is 26.7 Å². The summed E-state index contributed by atoms with van der Waals surface area (Å²) in [7, 11) is 0. The lowest BCUT2D eigenvalue weighted by atomic mass is 10.1. The molecule has 0 fully saturated rings. The van der Waals surface area contributed by atoms with Gasteiger partial charge in [0.2, 0.25) is 0 Å². The van der Waals surface area contributed by atoms with E-state index in [1.54, 1.807) is 0 Å². The van der Waals surface area contributed by atoms with Crippen molar-refractivity contribution in [2.24, 2.45) is 0 Å². The lowest BCUT2D eigenvalue weighted by Gasteiger charge is -2.13. The van der Waals surface area contributed by atoms with Gasteiger partial charge in [0.15, 0.2) is 0 Å². The van der Waals surface area contributed by atoms with Gasteiger partial charge in [-0.1, -0.05) is 105 Å². The van der Waals surface area contributed by atoms with Gasteiger partial charge < -0.3 is 9.47 Å². The highest BCUT2D eigenvalue weighted by Crippen LogP contribution is 2.33. The molecule has 0 amide bonds. The molecule has 0 aromatic heterocycles. The van der Waals surface area contributed by atoms with E-state index in [-0.39, 0.29) is 0 Å². The smallest absolute Gasteiger partial charge is 0.127 e. The van der Waals surface area contributed by atoms with Crippen molar-refractivity contribution in [2.75, 3.05) is 18.5 Å². The second-order valence-electron chi connectivity index (χ2n) is 7.88. The van der Waals surface area contributed by atoms with Gasteiger partial charge in [-0.05, 0) is 31.4 Å². The molecule has 0 unspecified atom stereocenters. The van der Waals surface area contributed by atoms with Gasteiger partial charge in [0.25, 0.3) is 0 Å². The number of hydrogen-bond donors (Lipinski definition) is 0. The lowest BCUT2D eigenvalue weighted by molar-refractivity contribution is 0.301. The molecule has 2 rings (SSSR count). The van der Waals surface area contributed by atoms with Crippen molar-refractivity contribution in [3.05, 3.63) is 36.4 Å². The van der Waals surface area contributed by atoms with Crippen LogP contribution in [-0.2, 0) is 0 Å². The van der Waals surface area contributed by atoms with Crippen LogP contribution < -0.4 is 9.47 Å². The fraction of sp³-hybridized carbons (Fsp3) is 0.615. The average Bonchev–Trinajstić information content (AvgIpc) is 2.75. The van der Waals surface area contributed by atoms with Gasteiger partial charge in [0, 0.05) is 16.1 Å². The van der Waals surface area contributed by atoms with E-state index >= 15 is 0 Å². The van der Waals surface area contributed by atoms with E-state index in [0.717, 1.165) is 53.7 Å². The molecule has 162 valence electrons. The van der Waals surface area contributed by atoms with E-state index in [4.69, 9.17) is 9.47 Å². The predicted octanol–water partition coefficient (Wildman–Crippen LogP) is 8.69. The molecule has 0 heterocycles. The zero-order valence-corrected chi connectivity index (χ0v) is 19.9. The average molecular weight is 464 g/mol. The molecule has 0 saturated heterocycles. The Kier molecular flexibility index (Phi) is 12.9. The van der Waals surface area contributed by atoms with Crippen molar-refractivity contribution in [2.45, 2.75) is 84.0 Å². The predicted molar refractivity (Wildman–Crippen MR) is 130 cm³/mol. The van der Waals surface area contributed by atoms with Crippen LogP contribution in [0.25, 0.3) is 10.8 Å². The maximum absolute atomic E-state index is 6.12. The first kappa shape index (κ1) is 24.1. The van der Waals surface area contributed by atoms with Gasteiger partial charge in [0.1, 0.15) is 11.5 Å². The summed E-state index contributed by atoms with van der Waals surface area (Å²) in [4.78, 5) is 0. The van der Waals surface area contributed by atoms with Gasteiger partial charge in [-0.15, -0.1) is 0 Å². The summed E-state index contributed by atoms with van der Waals surface area (Å²) in [5, 5.41) is 3.44. The molecule has 29 heavy (non-hydrogen) atoms. The number of fused-ring (bicyclic) bond motifs is 1. The maximum Gasteiger partial charge on any atom is 0.127 e. The molecule has 2 aromatic carbocycles. The Morgan fingerprint density at radius 3 is 1.52 bits per heavy atom. The van der Waals surface area contributed by atoms with Gasteiger partial charge in [-0.25, -0.2) is 0 Å². The Balaban J connectivity index is 1.77. The van der Waals surface area contributed by atoms with Crippen molar-refractivity contribution < 1.29 is 9.47 Å². The van der Waals surface area contributed by atoms with E-state index in [9.17, 15) is 0 Å². The largest absolute Gasteiger partial charge is 0.493 e. The molecular weight excluding hydrogens is 424 g/mol. The Bertz CT molecular complexity index is 671. The third-order valence-electron chi connectivity index (χ3n) is 5.39. The number of halogens is 1. The summed E-state index contributed by atoms with van der Waals surface area (Å²) in [6.45, 7) is 3.85. The maximum atomic E-state index is 6.12. The number of ether oxygens (including phenoxy) is 2. The van der Waals surface area contributed by atoms with Gasteiger partial charge in [-0.3, -0.25) is 0 Å². The van der Waals surface area contributed by atoms with Crippen LogP contribution in [0.1, 0.15) is 84.0 Å². The molecule has 0 spiro atoms. The van der Waals surface area contributed by atoms with Crippen molar-refractivity contribution in [3.8, 4) is 11.5 Å². The number of benzene rings is 2. The third kappa shape index (κ3) is 9.42. The molecule has 0 aliphatic rings. The minimum Gasteiger partial charge on any atom is -0.493 e. The highest BCUT2D eigenvalue weighted by Gasteiger charge is 2.08. The topological polar surface area (TPSA) is 18.5 Å². The Morgan fingerprint density at radius 1 is 0.586 bits per heavy atom. The fourth-order valence-electron chi connectivity index (χ4n) is 3.65. The van der Waals surface area contributed by atoms with Crippen LogP contribution in [0.4, 0.5) is 0 Å². The molecule has 0 bridgehead atoms. The lowest BCUT2D eigenvalue weighted by Crippen LogP contribution is -2.00. The van der Waals surface area contributed by atoms with E-state index in [2.05, 4.69) is 59.3 Å². The van der Waals surface area contributed by atoms with Crippen molar-refractivity contribution in [3.63, 3.8) is 0 Å². The normalized spacial score (nSPS) is 11.1. The summed E-state index contributed by atoms with van der Waals surface area (Å²) < 4.78 is 12.2. The van der Waals surface area contributed by atoms with Crippen LogP contribution >= 0.6 is 15.9 Å². The molecule has 0 radical (unpaired) electrons. The quantitative estimate of drug-likeness (QED) is 0.173. The summed E-state index contributed by atoms with van der Waals surface area (Å²) in [5.41, 5.74) is 0. The molecule has 3 heteroatoms. The minimum atomic E-state index is 0.792. The molecule has 0 atom stereocenters. The first-order chi connectivity index (χ1) is 14.4. The number of rotatable bonds is 17. The second kappa shape index (κ2) is 15.6. The zero-order chi connectivity index (χ0) is 20.6. The molecular formula is C26H39BrO2. The van der Waals surface area contributed by atoms with Gasteiger partial charge in [0.05, 0.1) is 13.2 Å². The van der Waals surface area contributed by atoms with E-state index in [0.29, 0.717) is 0 Å². The van der Waals surface area contributed by atoms with Crippen LogP contribution in [0.2, 0.25) is 0 Å². The Hall–Kier alpha value is -1.22. The number of unbranched alkanes of at least 4 members (excludes halogenated alkanes) is 10. The monoisotopic (exact) mass is 462 g/mol. The first-order valence-electron chi connectivity index (χ1n) is 11.7. The van der Waals surface area contributed by atoms with Crippen LogP contribution in [-0.4, -0.2) is 18.5 Å². The second-order valence-corrected chi connectivity index (χ2v) is 8.68. The molecule has 0 saturated carbocycles. The number of alkyl halides is 1. The zero-order valence-electron chi connectivity index (χ0n) is 18.3. The Labute approximate surface area is 186 Å². The van der Waals surface area contributed by atoms with Crippen LogP contribution in [0, 0.1) is 0 Å². The van der Waals surface area contributed by atoms with Gasteiger partial charge in [-0.2, -0.15) is 0 Å². The van der Waals surface area contributed by atoms with Crippen molar-refractivity contribution in [1.29, 1.82) is 0 Å². The molecule has 0 aliphatic carbocycles. The first-order valence-corrected chi connectivity index (χ1v) is 12.8. The summed E-state index contributed by atoms with van der Waals surface area (Å²) in [6.07, 6.45) is 15.3. The molecule has 0 N–H and O–H groups in total. The standard InChI is InChI=1S/C26H39BrO2/c1-2-3-4-5-9-14-21-28-25-18-19-26(24-17-12-11-16-23(24)25)29-22-15-10-7-6-8-13-20-27/h11-12,16-19H,2-10,13-15,20-22H2,1H3. The van der Waals surface area contributed by atoms with Crippen LogP contribution in [0.5, 0.6) is 11.5 Å². The molecule has 2 nitrogen and oxygen atoms in total. The molecule has 2 aromatic rings. The van der Waals surface area contributed by atoms with E-state index in [1.807, 2.05) is 0 Å². The third-order valence-corrected chi connectivity index (χ3v) is 5.95. The molecule has 0 aliphatic heterocycles. The highest BCUT2D eigenvalue weighted by molar-refractivity contribution is 9.09. The van der Waals surface area contributed by atoms with E-state index < -0.39 is 0 Å². The summed E-state index contributed by atoms with van der Waals surface area (Å²) >= 11 is 3.49. The van der Waals surface area contributed by atoms with Crippen molar-refractivity contribution in [1.82, 2.24) is 0 Å².